The number of hydrogen-bond donors (Lipinski definition) is 0. The van der Waals surface area contributed by atoms with Crippen molar-refractivity contribution in [3.63, 3.8) is 0 Å². The fourth-order valence-electron chi connectivity index (χ4n) is 13.9. The van der Waals surface area contributed by atoms with Gasteiger partial charge in [0.15, 0.2) is 0 Å². The fraction of sp³-hybridized carbons (Fsp3) is 0. The summed E-state index contributed by atoms with van der Waals surface area (Å²) in [6, 6.07) is 113. The Morgan fingerprint density at radius 1 is 0.237 bits per heavy atom. The Hall–Kier alpha value is -10.2. The molecule has 0 aliphatic carbocycles. The minimum Gasteiger partial charge on any atom is -0.311 e. The summed E-state index contributed by atoms with van der Waals surface area (Å²) in [4.78, 5) is 5.12. The van der Waals surface area contributed by atoms with Crippen molar-refractivity contribution >= 4 is 113 Å². The van der Waals surface area contributed by atoms with Crippen LogP contribution < -0.4 is 42.6 Å². The number of rotatable bonds is 8. The van der Waals surface area contributed by atoms with Crippen LogP contribution in [0.3, 0.4) is 0 Å². The molecule has 16 rings (SSSR count). The van der Waals surface area contributed by atoms with Gasteiger partial charge in [0.25, 0.3) is 0 Å². The summed E-state index contributed by atoms with van der Waals surface area (Å²) in [6.45, 7) is -0.228. The van der Waals surface area contributed by atoms with Gasteiger partial charge in [0.05, 0.1) is 0 Å². The third kappa shape index (κ3) is 7.16. The number of nitrogens with zero attached hydrogens (tertiary/aromatic N) is 2. The van der Waals surface area contributed by atoms with Crippen LogP contribution in [0.5, 0.6) is 0 Å². The number of anilines is 6. The molecule has 0 radical (unpaired) electrons. The zero-order valence-electron chi connectivity index (χ0n) is 43.9. The summed E-state index contributed by atoms with van der Waals surface area (Å²) in [5, 5.41) is 7.48. The maximum Gasteiger partial charge on any atom is 0.248 e. The summed E-state index contributed by atoms with van der Waals surface area (Å²) in [5.74, 6) is 0. The molecule has 14 aromatic rings. The highest BCUT2D eigenvalue weighted by molar-refractivity contribution is 7.00. The molecular weight excluding hydrogens is 962 g/mol. The molecule has 0 amide bonds. The molecule has 370 valence electrons. The lowest BCUT2D eigenvalue weighted by atomic mass is 9.33. The predicted octanol–water partition coefficient (Wildman–Crippen LogP) is 15.9. The highest BCUT2D eigenvalue weighted by Gasteiger charge is 2.42. The number of para-hydroxylation sites is 4. The van der Waals surface area contributed by atoms with E-state index in [1.807, 2.05) is 0 Å². The van der Waals surface area contributed by atoms with Crippen molar-refractivity contribution in [2.24, 2.45) is 0 Å². The van der Waals surface area contributed by atoms with Crippen LogP contribution in [0, 0.1) is 0 Å². The standard InChI is InChI=1S/C76H50B2N2/c1-7-25-51(26-8-1)59-37-23-38-60(52-27-9-2-10-28-52)73(59)77-65-41-19-21-43-69(65)79(57-33-15-5-16-34-57)75-63-47-46-56-50-68-76(64-48-45-55(49-67(75)77)71(63)72(56)64)80(58-35-17-6-18-36-58)70-44-22-20-42-66(70)78(68)74-61(53-29-11-3-12-30-53)39-24-40-62(74)54-31-13-4-14-32-54/h1-50H. The molecule has 0 aromatic heterocycles. The molecule has 2 heterocycles. The second-order valence-corrected chi connectivity index (χ2v) is 21.4. The molecule has 0 saturated carbocycles. The number of fused-ring (bicyclic) bond motifs is 6. The molecule has 0 atom stereocenters. The summed E-state index contributed by atoms with van der Waals surface area (Å²) in [5.41, 5.74) is 24.6. The highest BCUT2D eigenvalue weighted by Crippen LogP contribution is 2.49. The van der Waals surface area contributed by atoms with Gasteiger partial charge in [-0.05, 0) is 124 Å². The first kappa shape index (κ1) is 46.0. The number of benzene rings is 14. The van der Waals surface area contributed by atoms with E-state index in [1.54, 1.807) is 0 Å². The van der Waals surface area contributed by atoms with Crippen molar-refractivity contribution in [1.82, 2.24) is 0 Å². The van der Waals surface area contributed by atoms with Gasteiger partial charge < -0.3 is 9.80 Å². The average Bonchev–Trinajstić information content (AvgIpc) is 2.73. The molecule has 2 nitrogen and oxygen atoms in total. The SMILES string of the molecule is c1ccc(-c2cccc(-c3ccccc3)c2B2c3ccccc3N(c3ccccc3)c3c2cc2ccc4c5c(cc6ccc3c2c64)B(c2c(-c3ccccc3)cccc2-c2ccccc2)c2ccccc2N5c2ccccc2)cc1. The van der Waals surface area contributed by atoms with Crippen LogP contribution in [0.2, 0.25) is 0 Å². The van der Waals surface area contributed by atoms with Crippen molar-refractivity contribution in [2.45, 2.75) is 0 Å². The molecule has 4 heteroatoms. The second-order valence-electron chi connectivity index (χ2n) is 21.4. The van der Waals surface area contributed by atoms with E-state index in [4.69, 9.17) is 0 Å². The largest absolute Gasteiger partial charge is 0.311 e. The summed E-state index contributed by atoms with van der Waals surface area (Å²) < 4.78 is 0. The second kappa shape index (κ2) is 18.8. The average molecular weight is 1010 g/mol. The Morgan fingerprint density at radius 2 is 0.537 bits per heavy atom. The highest BCUT2D eigenvalue weighted by atomic mass is 15.2. The molecule has 80 heavy (non-hydrogen) atoms. The van der Waals surface area contributed by atoms with Crippen molar-refractivity contribution in [3.05, 3.63) is 303 Å². The Morgan fingerprint density at radius 3 is 0.875 bits per heavy atom. The van der Waals surface area contributed by atoms with Crippen LogP contribution in [0.15, 0.2) is 303 Å². The van der Waals surface area contributed by atoms with Gasteiger partial charge in [-0.2, -0.15) is 0 Å². The van der Waals surface area contributed by atoms with Gasteiger partial charge in [-0.1, -0.05) is 278 Å². The van der Waals surface area contributed by atoms with E-state index in [0.29, 0.717) is 0 Å². The minimum atomic E-state index is -0.114. The fourth-order valence-corrected chi connectivity index (χ4v) is 13.9. The summed E-state index contributed by atoms with van der Waals surface area (Å²) in [7, 11) is 0. The lowest BCUT2D eigenvalue weighted by Crippen LogP contribution is -2.58. The first-order valence-corrected chi connectivity index (χ1v) is 27.9. The first-order valence-electron chi connectivity index (χ1n) is 27.9. The molecule has 0 saturated heterocycles. The molecule has 2 aliphatic heterocycles. The van der Waals surface area contributed by atoms with Gasteiger partial charge >= 0.3 is 0 Å². The van der Waals surface area contributed by atoms with Gasteiger partial charge in [0.1, 0.15) is 0 Å². The molecule has 0 unspecified atom stereocenters. The van der Waals surface area contributed by atoms with Crippen molar-refractivity contribution in [3.8, 4) is 44.5 Å². The zero-order chi connectivity index (χ0) is 52.7. The third-order valence-electron chi connectivity index (χ3n) is 17.1. The molecule has 0 fully saturated rings. The minimum absolute atomic E-state index is 0.114. The van der Waals surface area contributed by atoms with Crippen LogP contribution in [0.25, 0.3) is 76.8 Å². The third-order valence-corrected chi connectivity index (χ3v) is 17.1. The van der Waals surface area contributed by atoms with Crippen LogP contribution in [-0.4, -0.2) is 13.4 Å². The van der Waals surface area contributed by atoms with E-state index in [0.717, 1.165) is 11.4 Å². The van der Waals surface area contributed by atoms with Gasteiger partial charge in [-0.15, -0.1) is 0 Å². The van der Waals surface area contributed by atoms with E-state index < -0.39 is 0 Å². The lowest BCUT2D eigenvalue weighted by Gasteiger charge is -2.40. The van der Waals surface area contributed by atoms with Crippen LogP contribution in [0.1, 0.15) is 0 Å². The van der Waals surface area contributed by atoms with Crippen molar-refractivity contribution < 1.29 is 0 Å². The van der Waals surface area contributed by atoms with E-state index in [9.17, 15) is 0 Å². The zero-order valence-corrected chi connectivity index (χ0v) is 43.9. The molecular formula is C76H50B2N2. The topological polar surface area (TPSA) is 6.48 Å². The van der Waals surface area contributed by atoms with Crippen LogP contribution in [-0.2, 0) is 0 Å². The van der Waals surface area contributed by atoms with Crippen LogP contribution in [0.4, 0.5) is 34.1 Å². The predicted molar refractivity (Wildman–Crippen MR) is 343 cm³/mol. The smallest absolute Gasteiger partial charge is 0.248 e. The van der Waals surface area contributed by atoms with E-state index in [2.05, 4.69) is 313 Å². The molecule has 2 aliphatic rings. The van der Waals surface area contributed by atoms with E-state index in [-0.39, 0.29) is 13.4 Å². The summed E-state index contributed by atoms with van der Waals surface area (Å²) >= 11 is 0. The monoisotopic (exact) mass is 1010 g/mol. The lowest BCUT2D eigenvalue weighted by molar-refractivity contribution is 1.31. The maximum absolute atomic E-state index is 2.56. The quantitative estimate of drug-likeness (QED) is 0.111. The van der Waals surface area contributed by atoms with Gasteiger partial charge in [0, 0.05) is 44.9 Å². The number of hydrogen-bond acceptors (Lipinski definition) is 2. The van der Waals surface area contributed by atoms with E-state index in [1.165, 1.54) is 132 Å². The Labute approximate surface area is 467 Å². The molecule has 14 aromatic carbocycles. The molecule has 0 N–H and O–H groups in total. The van der Waals surface area contributed by atoms with Gasteiger partial charge in [-0.3, -0.25) is 0 Å². The van der Waals surface area contributed by atoms with Gasteiger partial charge in [0.2, 0.25) is 13.4 Å². The van der Waals surface area contributed by atoms with Crippen LogP contribution >= 0.6 is 0 Å². The Kier molecular flexibility index (Phi) is 10.8. The van der Waals surface area contributed by atoms with Crippen molar-refractivity contribution in [2.75, 3.05) is 9.80 Å². The molecule has 0 bridgehead atoms. The van der Waals surface area contributed by atoms with E-state index >= 15 is 0 Å². The summed E-state index contributed by atoms with van der Waals surface area (Å²) in [6.07, 6.45) is 0. The molecule has 0 spiro atoms. The maximum atomic E-state index is 2.56. The van der Waals surface area contributed by atoms with Gasteiger partial charge in [-0.25, -0.2) is 0 Å². The Bertz CT molecular complexity index is 4230. The first-order chi connectivity index (χ1) is 39.8. The Balaban J connectivity index is 1.03. The normalized spacial score (nSPS) is 12.7. The van der Waals surface area contributed by atoms with Crippen molar-refractivity contribution in [1.29, 1.82) is 0 Å².